The summed E-state index contributed by atoms with van der Waals surface area (Å²) in [5.74, 6) is -0.984. The first kappa shape index (κ1) is 12.5. The number of nitrogens with one attached hydrogen (secondary N) is 1. The molecule has 7 nitrogen and oxygen atoms in total. The summed E-state index contributed by atoms with van der Waals surface area (Å²) in [6, 6.07) is 1.99. The fourth-order valence-corrected chi connectivity index (χ4v) is 2.08. The van der Waals surface area contributed by atoms with Crippen molar-refractivity contribution in [2.45, 2.75) is 12.6 Å². The molecule has 2 rings (SSSR count). The minimum absolute atomic E-state index is 0.202. The van der Waals surface area contributed by atoms with Crippen LogP contribution in [-0.2, 0) is 13.6 Å². The highest BCUT2D eigenvalue weighted by Crippen LogP contribution is 2.13. The van der Waals surface area contributed by atoms with Crippen molar-refractivity contribution >= 4 is 5.97 Å². The Morgan fingerprint density at radius 2 is 2.56 bits per heavy atom. The lowest BCUT2D eigenvalue weighted by atomic mass is 10.1. The highest BCUT2D eigenvalue weighted by Gasteiger charge is 2.25. The van der Waals surface area contributed by atoms with Crippen molar-refractivity contribution in [3.05, 3.63) is 17.5 Å². The molecule has 0 bridgehead atoms. The van der Waals surface area contributed by atoms with Crippen LogP contribution in [0.3, 0.4) is 0 Å². The Bertz CT molecular complexity index is 490. The van der Waals surface area contributed by atoms with Gasteiger partial charge in [-0.3, -0.25) is 9.58 Å². The summed E-state index contributed by atoms with van der Waals surface area (Å²) >= 11 is 0. The summed E-state index contributed by atoms with van der Waals surface area (Å²) in [6.07, 6.45) is 1.35. The molecule has 1 aliphatic rings. The van der Waals surface area contributed by atoms with E-state index < -0.39 is 5.97 Å². The lowest BCUT2D eigenvalue weighted by Gasteiger charge is -2.31. The summed E-state index contributed by atoms with van der Waals surface area (Å²) in [7, 11) is 1.71. The highest BCUT2D eigenvalue weighted by molar-refractivity contribution is 5.88. The number of hydrogen-bond acceptors (Lipinski definition) is 5. The maximum absolute atomic E-state index is 11.1. The molecule has 1 aliphatic heterocycles. The molecule has 1 atom stereocenters. The number of aromatic nitrogens is 2. The van der Waals surface area contributed by atoms with Crippen molar-refractivity contribution in [3.8, 4) is 6.07 Å². The van der Waals surface area contributed by atoms with Gasteiger partial charge in [-0.2, -0.15) is 10.4 Å². The van der Waals surface area contributed by atoms with E-state index in [0.717, 1.165) is 13.1 Å². The van der Waals surface area contributed by atoms with Crippen molar-refractivity contribution in [1.29, 1.82) is 5.26 Å². The average Bonchev–Trinajstić information content (AvgIpc) is 2.72. The topological polar surface area (TPSA) is 94.2 Å². The van der Waals surface area contributed by atoms with Crippen LogP contribution in [-0.4, -0.2) is 51.4 Å². The Morgan fingerprint density at radius 1 is 1.78 bits per heavy atom. The summed E-state index contributed by atoms with van der Waals surface area (Å²) < 4.78 is 1.56. The van der Waals surface area contributed by atoms with Crippen LogP contribution >= 0.6 is 0 Å². The van der Waals surface area contributed by atoms with E-state index in [2.05, 4.69) is 16.5 Å². The zero-order chi connectivity index (χ0) is 13.1. The summed E-state index contributed by atoms with van der Waals surface area (Å²) in [5.41, 5.74) is 0.831. The molecule has 1 aromatic rings. The van der Waals surface area contributed by atoms with Gasteiger partial charge in [0, 0.05) is 33.2 Å². The fraction of sp³-hybridized carbons (Fsp3) is 0.545. The standard InChI is InChI=1S/C11H15N5O2/c1-15-10(9(6-14-15)11(17)18)7-16-3-2-13-5-8(16)4-12/h6,8,13H,2-3,5,7H2,1H3,(H,17,18). The number of aromatic carboxylic acids is 1. The molecule has 18 heavy (non-hydrogen) atoms. The zero-order valence-electron chi connectivity index (χ0n) is 10.1. The molecule has 1 fully saturated rings. The molecule has 2 N–H and O–H groups in total. The average molecular weight is 249 g/mol. The van der Waals surface area contributed by atoms with Crippen molar-refractivity contribution in [2.75, 3.05) is 19.6 Å². The maximum Gasteiger partial charge on any atom is 0.339 e. The van der Waals surface area contributed by atoms with E-state index in [1.807, 2.05) is 4.90 Å². The maximum atomic E-state index is 11.1. The molecule has 1 saturated heterocycles. The molecule has 1 unspecified atom stereocenters. The number of carboxylic acids is 1. The first-order valence-electron chi connectivity index (χ1n) is 5.72. The molecule has 0 aromatic carbocycles. The molecule has 1 aromatic heterocycles. The van der Waals surface area contributed by atoms with E-state index >= 15 is 0 Å². The first-order valence-corrected chi connectivity index (χ1v) is 5.72. The van der Waals surface area contributed by atoms with E-state index in [-0.39, 0.29) is 11.6 Å². The third kappa shape index (κ3) is 2.34. The molecule has 96 valence electrons. The van der Waals surface area contributed by atoms with Crippen LogP contribution in [0, 0.1) is 11.3 Å². The summed E-state index contributed by atoms with van der Waals surface area (Å²) in [4.78, 5) is 13.1. The van der Waals surface area contributed by atoms with Crippen LogP contribution in [0.4, 0.5) is 0 Å². The third-order valence-corrected chi connectivity index (χ3v) is 3.15. The Labute approximate surface area is 105 Å². The second kappa shape index (κ2) is 5.16. The molecule has 0 amide bonds. The normalized spacial score (nSPS) is 20.6. The minimum Gasteiger partial charge on any atom is -0.478 e. The quantitative estimate of drug-likeness (QED) is 0.744. The van der Waals surface area contributed by atoms with Gasteiger partial charge in [-0.1, -0.05) is 0 Å². The van der Waals surface area contributed by atoms with Crippen molar-refractivity contribution < 1.29 is 9.90 Å². The predicted octanol–water partition coefficient (Wildman–Crippen LogP) is -0.584. The number of rotatable bonds is 3. The first-order chi connectivity index (χ1) is 8.63. The van der Waals surface area contributed by atoms with Gasteiger partial charge in [0.15, 0.2) is 0 Å². The number of nitrogens with zero attached hydrogens (tertiary/aromatic N) is 4. The Morgan fingerprint density at radius 3 is 3.22 bits per heavy atom. The van der Waals surface area contributed by atoms with Crippen LogP contribution in [0.1, 0.15) is 16.1 Å². The molecule has 7 heteroatoms. The van der Waals surface area contributed by atoms with Crippen LogP contribution in [0.5, 0.6) is 0 Å². The molecule has 0 radical (unpaired) electrons. The Hall–Kier alpha value is -1.91. The van der Waals surface area contributed by atoms with Gasteiger partial charge in [0.1, 0.15) is 11.6 Å². The smallest absolute Gasteiger partial charge is 0.339 e. The molecular weight excluding hydrogens is 234 g/mol. The van der Waals surface area contributed by atoms with Crippen LogP contribution in [0.15, 0.2) is 6.20 Å². The van der Waals surface area contributed by atoms with Gasteiger partial charge < -0.3 is 10.4 Å². The second-order valence-corrected chi connectivity index (χ2v) is 4.25. The predicted molar refractivity (Wildman–Crippen MR) is 62.8 cm³/mol. The Kier molecular flexibility index (Phi) is 3.60. The van der Waals surface area contributed by atoms with Crippen molar-refractivity contribution in [3.63, 3.8) is 0 Å². The summed E-state index contributed by atoms with van der Waals surface area (Å²) in [6.45, 7) is 2.57. The van der Waals surface area contributed by atoms with Crippen LogP contribution < -0.4 is 5.32 Å². The third-order valence-electron chi connectivity index (χ3n) is 3.15. The SMILES string of the molecule is Cn1ncc(C(=O)O)c1CN1CCNCC1C#N. The van der Waals surface area contributed by atoms with Crippen molar-refractivity contribution in [2.24, 2.45) is 7.05 Å². The fourth-order valence-electron chi connectivity index (χ4n) is 2.08. The number of carbonyl (C=O) groups is 1. The van der Waals surface area contributed by atoms with Gasteiger partial charge >= 0.3 is 5.97 Å². The van der Waals surface area contributed by atoms with Gasteiger partial charge in [-0.05, 0) is 0 Å². The molecule has 2 heterocycles. The Balaban J connectivity index is 2.20. The van der Waals surface area contributed by atoms with Crippen LogP contribution in [0.2, 0.25) is 0 Å². The molecular formula is C11H15N5O2. The number of piperazine rings is 1. The lowest BCUT2D eigenvalue weighted by molar-refractivity contribution is 0.0693. The zero-order valence-corrected chi connectivity index (χ0v) is 10.1. The lowest BCUT2D eigenvalue weighted by Crippen LogP contribution is -2.50. The molecule has 0 spiro atoms. The monoisotopic (exact) mass is 249 g/mol. The molecule has 0 aliphatic carbocycles. The van der Waals surface area contributed by atoms with Gasteiger partial charge in [-0.25, -0.2) is 4.79 Å². The van der Waals surface area contributed by atoms with Crippen molar-refractivity contribution in [1.82, 2.24) is 20.0 Å². The second-order valence-electron chi connectivity index (χ2n) is 4.25. The molecule has 0 saturated carbocycles. The van der Waals surface area contributed by atoms with E-state index in [9.17, 15) is 4.79 Å². The van der Waals surface area contributed by atoms with E-state index in [1.165, 1.54) is 6.20 Å². The van der Waals surface area contributed by atoms with Gasteiger partial charge in [0.05, 0.1) is 18.0 Å². The van der Waals surface area contributed by atoms with E-state index in [4.69, 9.17) is 10.4 Å². The number of carboxylic acid groups (broad SMARTS) is 1. The number of aryl methyl sites for hydroxylation is 1. The van der Waals surface area contributed by atoms with E-state index in [1.54, 1.807) is 11.7 Å². The van der Waals surface area contributed by atoms with Gasteiger partial charge in [-0.15, -0.1) is 0 Å². The number of nitriles is 1. The van der Waals surface area contributed by atoms with Gasteiger partial charge in [0.2, 0.25) is 0 Å². The van der Waals surface area contributed by atoms with Crippen LogP contribution in [0.25, 0.3) is 0 Å². The van der Waals surface area contributed by atoms with E-state index in [0.29, 0.717) is 18.8 Å². The minimum atomic E-state index is -0.984. The summed E-state index contributed by atoms with van der Waals surface area (Å²) in [5, 5.41) is 25.3. The number of hydrogen-bond donors (Lipinski definition) is 2. The van der Waals surface area contributed by atoms with Gasteiger partial charge in [0.25, 0.3) is 0 Å². The largest absolute Gasteiger partial charge is 0.478 e. The highest BCUT2D eigenvalue weighted by atomic mass is 16.4.